The van der Waals surface area contributed by atoms with Crippen LogP contribution in [0.25, 0.3) is 0 Å². The van der Waals surface area contributed by atoms with Crippen LogP contribution in [0.1, 0.15) is 17.3 Å². The summed E-state index contributed by atoms with van der Waals surface area (Å²) in [5.74, 6) is -0.441. The first-order valence-corrected chi connectivity index (χ1v) is 9.00. The molecule has 0 saturated carbocycles. The van der Waals surface area contributed by atoms with Crippen LogP contribution in [0, 0.1) is 0 Å². The smallest absolute Gasteiger partial charge is 0.262 e. The maximum atomic E-state index is 12.4. The first kappa shape index (κ1) is 18.5. The lowest BCUT2D eigenvalue weighted by molar-refractivity contribution is 0.0706. The molecule has 0 aliphatic heterocycles. The highest BCUT2D eigenvalue weighted by atomic mass is 35.7. The minimum absolute atomic E-state index is 0.0126. The zero-order valence-electron chi connectivity index (χ0n) is 11.4. The van der Waals surface area contributed by atoms with Crippen LogP contribution in [-0.4, -0.2) is 46.0 Å². The van der Waals surface area contributed by atoms with Gasteiger partial charge in [0, 0.05) is 35.9 Å². The van der Waals surface area contributed by atoms with Crippen molar-refractivity contribution in [2.45, 2.75) is 11.8 Å². The molecule has 0 spiro atoms. The van der Waals surface area contributed by atoms with Gasteiger partial charge in [-0.3, -0.25) is 4.79 Å². The Morgan fingerprint density at radius 3 is 2.43 bits per heavy atom. The highest BCUT2D eigenvalue weighted by Gasteiger charge is 2.24. The van der Waals surface area contributed by atoms with Crippen molar-refractivity contribution in [1.29, 1.82) is 0 Å². The number of benzene rings is 1. The summed E-state index contributed by atoms with van der Waals surface area (Å²) in [7, 11) is 2.71. The second kappa shape index (κ2) is 7.65. The molecule has 0 N–H and O–H groups in total. The number of carbonyl (C=O) groups is 1. The van der Waals surface area contributed by atoms with Crippen molar-refractivity contribution in [2.75, 3.05) is 26.8 Å². The van der Waals surface area contributed by atoms with Crippen molar-refractivity contribution in [2.24, 2.45) is 0 Å². The van der Waals surface area contributed by atoms with Crippen LogP contribution in [0.3, 0.4) is 0 Å². The normalized spacial score (nSPS) is 11.5. The first-order chi connectivity index (χ1) is 9.72. The van der Waals surface area contributed by atoms with Crippen molar-refractivity contribution in [1.82, 2.24) is 4.90 Å². The van der Waals surface area contributed by atoms with Crippen molar-refractivity contribution in [3.63, 3.8) is 0 Å². The zero-order chi connectivity index (χ0) is 16.2. The lowest BCUT2D eigenvalue weighted by Gasteiger charge is -2.21. The van der Waals surface area contributed by atoms with Gasteiger partial charge in [0.1, 0.15) is 4.90 Å². The first-order valence-electron chi connectivity index (χ1n) is 5.94. The summed E-state index contributed by atoms with van der Waals surface area (Å²) in [6, 6.07) is 2.42. The molecule has 0 aliphatic rings. The number of amides is 1. The van der Waals surface area contributed by atoms with Crippen LogP contribution in [0.4, 0.5) is 0 Å². The number of rotatable bonds is 6. The monoisotopic (exact) mass is 373 g/mol. The molecule has 5 nitrogen and oxygen atoms in total. The lowest BCUT2D eigenvalue weighted by atomic mass is 10.2. The average molecular weight is 375 g/mol. The topological polar surface area (TPSA) is 63.7 Å². The second-order valence-corrected chi connectivity index (χ2v) is 7.43. The van der Waals surface area contributed by atoms with Gasteiger partial charge < -0.3 is 9.64 Å². The van der Waals surface area contributed by atoms with E-state index in [0.29, 0.717) is 19.7 Å². The molecule has 0 atom stereocenters. The van der Waals surface area contributed by atoms with Crippen LogP contribution in [0.15, 0.2) is 17.0 Å². The molecule has 0 bridgehead atoms. The molecule has 1 rings (SSSR count). The van der Waals surface area contributed by atoms with Gasteiger partial charge >= 0.3 is 0 Å². The van der Waals surface area contributed by atoms with Gasteiger partial charge in [-0.05, 0) is 19.1 Å². The fraction of sp³-hybridized carbons (Fsp3) is 0.417. The molecule has 1 amide bonds. The quantitative estimate of drug-likeness (QED) is 0.718. The van der Waals surface area contributed by atoms with Gasteiger partial charge in [0.25, 0.3) is 15.0 Å². The third kappa shape index (κ3) is 4.72. The third-order valence-electron chi connectivity index (χ3n) is 2.73. The summed E-state index contributed by atoms with van der Waals surface area (Å²) in [5, 5.41) is -0.181. The standard InChI is InChI=1S/C12H14Cl3NO4S/c1-3-16(4-5-20-2)12(17)9-6-8(13)7-10(11(9)14)21(15,18)19/h6-7H,3-5H2,1-2H3. The van der Waals surface area contributed by atoms with Gasteiger partial charge in [0.05, 0.1) is 17.2 Å². The summed E-state index contributed by atoms with van der Waals surface area (Å²) < 4.78 is 27.9. The van der Waals surface area contributed by atoms with E-state index in [1.807, 2.05) is 0 Å². The molecule has 118 valence electrons. The number of hydrogen-bond acceptors (Lipinski definition) is 4. The van der Waals surface area contributed by atoms with Crippen LogP contribution < -0.4 is 0 Å². The van der Waals surface area contributed by atoms with Crippen LogP contribution in [0.5, 0.6) is 0 Å². The Balaban J connectivity index is 3.30. The maximum Gasteiger partial charge on any atom is 0.262 e. The van der Waals surface area contributed by atoms with Gasteiger partial charge in [-0.1, -0.05) is 23.2 Å². The number of halogens is 3. The molecule has 0 unspecified atom stereocenters. The molecule has 0 aliphatic carbocycles. The number of nitrogens with zero attached hydrogens (tertiary/aromatic N) is 1. The van der Waals surface area contributed by atoms with Gasteiger partial charge in [0.2, 0.25) is 0 Å². The molecule has 0 heterocycles. The summed E-state index contributed by atoms with van der Waals surface area (Å²) >= 11 is 11.8. The van der Waals surface area contributed by atoms with E-state index in [2.05, 4.69) is 0 Å². The molecular weight excluding hydrogens is 361 g/mol. The fourth-order valence-electron chi connectivity index (χ4n) is 1.67. The number of ether oxygens (including phenoxy) is 1. The molecule has 0 radical (unpaired) electrons. The highest BCUT2D eigenvalue weighted by Crippen LogP contribution is 2.32. The third-order valence-corrected chi connectivity index (χ3v) is 4.81. The summed E-state index contributed by atoms with van der Waals surface area (Å²) in [4.78, 5) is 13.5. The zero-order valence-corrected chi connectivity index (χ0v) is 14.5. The molecular formula is C12H14Cl3NO4S. The number of likely N-dealkylation sites (N-methyl/N-ethyl adjacent to an activating group) is 1. The van der Waals surface area contributed by atoms with E-state index in [4.69, 9.17) is 38.6 Å². The minimum Gasteiger partial charge on any atom is -0.383 e. The molecule has 0 fully saturated rings. The van der Waals surface area contributed by atoms with Gasteiger partial charge in [-0.25, -0.2) is 8.42 Å². The molecule has 0 aromatic heterocycles. The SMILES string of the molecule is CCN(CCOC)C(=O)c1cc(Cl)cc(S(=O)(=O)Cl)c1Cl. The highest BCUT2D eigenvalue weighted by molar-refractivity contribution is 8.13. The fourth-order valence-corrected chi connectivity index (χ4v) is 3.53. The van der Waals surface area contributed by atoms with E-state index < -0.39 is 15.0 Å². The van der Waals surface area contributed by atoms with E-state index in [1.54, 1.807) is 6.92 Å². The Morgan fingerprint density at radius 1 is 1.33 bits per heavy atom. The van der Waals surface area contributed by atoms with E-state index in [-0.39, 0.29) is 20.5 Å². The number of carbonyl (C=O) groups excluding carboxylic acids is 1. The van der Waals surface area contributed by atoms with E-state index in [1.165, 1.54) is 18.1 Å². The van der Waals surface area contributed by atoms with Gasteiger partial charge in [-0.2, -0.15) is 0 Å². The molecule has 1 aromatic rings. The predicted molar refractivity (Wildman–Crippen MR) is 83.0 cm³/mol. The van der Waals surface area contributed by atoms with E-state index in [9.17, 15) is 13.2 Å². The number of methoxy groups -OCH3 is 1. The summed E-state index contributed by atoms with van der Waals surface area (Å²) in [6.07, 6.45) is 0. The van der Waals surface area contributed by atoms with Crippen molar-refractivity contribution >= 4 is 48.8 Å². The maximum absolute atomic E-state index is 12.4. The van der Waals surface area contributed by atoms with Crippen LogP contribution >= 0.6 is 33.9 Å². The Bertz CT molecular complexity index is 634. The summed E-state index contributed by atoms with van der Waals surface area (Å²) in [5.41, 5.74) is -0.0126. The van der Waals surface area contributed by atoms with Crippen molar-refractivity contribution in [3.05, 3.63) is 27.7 Å². The average Bonchev–Trinajstić information content (AvgIpc) is 2.40. The van der Waals surface area contributed by atoms with Crippen LogP contribution in [-0.2, 0) is 13.8 Å². The number of hydrogen-bond donors (Lipinski definition) is 0. The second-order valence-electron chi connectivity index (χ2n) is 4.08. The van der Waals surface area contributed by atoms with E-state index >= 15 is 0 Å². The Kier molecular flexibility index (Phi) is 6.74. The van der Waals surface area contributed by atoms with Gasteiger partial charge in [-0.15, -0.1) is 0 Å². The van der Waals surface area contributed by atoms with Crippen molar-refractivity contribution < 1.29 is 17.9 Å². The Hall–Kier alpha value is -0.530. The van der Waals surface area contributed by atoms with Gasteiger partial charge in [0.15, 0.2) is 0 Å². The minimum atomic E-state index is -4.10. The van der Waals surface area contributed by atoms with Crippen molar-refractivity contribution in [3.8, 4) is 0 Å². The molecule has 21 heavy (non-hydrogen) atoms. The molecule has 0 saturated heterocycles. The lowest BCUT2D eigenvalue weighted by Crippen LogP contribution is -2.34. The Morgan fingerprint density at radius 2 is 1.95 bits per heavy atom. The van der Waals surface area contributed by atoms with E-state index in [0.717, 1.165) is 6.07 Å². The molecule has 1 aromatic carbocycles. The predicted octanol–water partition coefficient (Wildman–Crippen LogP) is 3.03. The Labute approximate surface area is 138 Å². The largest absolute Gasteiger partial charge is 0.383 e. The van der Waals surface area contributed by atoms with Crippen LogP contribution in [0.2, 0.25) is 10.0 Å². The molecule has 9 heteroatoms. The summed E-state index contributed by atoms with van der Waals surface area (Å²) in [6.45, 7) is 2.88.